The first kappa shape index (κ1) is 21.4. The van der Waals surface area contributed by atoms with E-state index in [9.17, 15) is 4.79 Å². The van der Waals surface area contributed by atoms with Gasteiger partial charge in [-0.25, -0.2) is 19.9 Å². The summed E-state index contributed by atoms with van der Waals surface area (Å²) in [6, 6.07) is 5.71. The second-order valence-corrected chi connectivity index (χ2v) is 8.69. The summed E-state index contributed by atoms with van der Waals surface area (Å²) in [6.07, 6.45) is 6.20. The van der Waals surface area contributed by atoms with E-state index in [-0.39, 0.29) is 12.5 Å². The van der Waals surface area contributed by atoms with Gasteiger partial charge in [-0.2, -0.15) is 0 Å². The van der Waals surface area contributed by atoms with Crippen LogP contribution in [0.5, 0.6) is 0 Å². The van der Waals surface area contributed by atoms with E-state index >= 15 is 0 Å². The zero-order chi connectivity index (χ0) is 22.6. The van der Waals surface area contributed by atoms with Gasteiger partial charge in [-0.1, -0.05) is 11.3 Å². The van der Waals surface area contributed by atoms with Crippen LogP contribution in [0.3, 0.4) is 0 Å². The number of aromatic nitrogens is 4. The van der Waals surface area contributed by atoms with Gasteiger partial charge >= 0.3 is 0 Å². The molecule has 5 rings (SSSR count). The Morgan fingerprint density at radius 3 is 2.82 bits per heavy atom. The van der Waals surface area contributed by atoms with Crippen LogP contribution in [0, 0.1) is 0 Å². The summed E-state index contributed by atoms with van der Waals surface area (Å²) >= 11 is 1.49. The van der Waals surface area contributed by atoms with Crippen LogP contribution < -0.4 is 5.32 Å². The van der Waals surface area contributed by atoms with Crippen LogP contribution >= 0.6 is 11.3 Å². The van der Waals surface area contributed by atoms with Gasteiger partial charge in [0.25, 0.3) is 0 Å². The molecular formula is C22H24N8O2S. The van der Waals surface area contributed by atoms with Crippen molar-refractivity contribution in [2.45, 2.75) is 6.42 Å². The molecule has 3 aromatic rings. The average Bonchev–Trinajstić information content (AvgIpc) is 3.26. The van der Waals surface area contributed by atoms with E-state index in [4.69, 9.17) is 9.72 Å². The lowest BCUT2D eigenvalue weighted by Crippen LogP contribution is -2.49. The Bertz CT molecular complexity index is 1200. The third kappa shape index (κ3) is 4.83. The van der Waals surface area contributed by atoms with E-state index in [0.29, 0.717) is 13.1 Å². The highest BCUT2D eigenvalue weighted by Crippen LogP contribution is 2.27. The largest absolute Gasteiger partial charge is 0.375 e. The maximum Gasteiger partial charge on any atom is 0.248 e. The highest BCUT2D eigenvalue weighted by atomic mass is 32.1. The molecule has 0 aliphatic carbocycles. The van der Waals surface area contributed by atoms with E-state index in [2.05, 4.69) is 36.2 Å². The lowest BCUT2D eigenvalue weighted by atomic mass is 10.2. The molecule has 2 aliphatic heterocycles. The first-order chi connectivity index (χ1) is 16.2. The number of amides is 1. The quantitative estimate of drug-likeness (QED) is 0.611. The summed E-state index contributed by atoms with van der Waals surface area (Å²) in [4.78, 5) is 39.3. The number of aliphatic imine (C=N–C) groups is 1. The number of nitrogens with one attached hydrogen (secondary N) is 1. The number of ether oxygens (including phenoxy) is 1. The van der Waals surface area contributed by atoms with Gasteiger partial charge in [-0.15, -0.1) is 0 Å². The van der Waals surface area contributed by atoms with Crippen LogP contribution in [0.25, 0.3) is 21.7 Å². The fourth-order valence-electron chi connectivity index (χ4n) is 3.91. The Balaban J connectivity index is 1.26. The number of rotatable bonds is 5. The molecule has 1 N–H and O–H groups in total. The summed E-state index contributed by atoms with van der Waals surface area (Å²) < 4.78 is 4.97. The SMILES string of the molecule is COCC(=O)N1CCN(C2=CC(Nc3nc4ccc(-c5ccncn5)nc4s3)=NCC2)CC1. The normalized spacial score (nSPS) is 16.5. The number of pyridine rings is 1. The summed E-state index contributed by atoms with van der Waals surface area (Å²) in [5.41, 5.74) is 3.64. The summed E-state index contributed by atoms with van der Waals surface area (Å²) in [5, 5.41) is 4.10. The Morgan fingerprint density at radius 2 is 2.03 bits per heavy atom. The van der Waals surface area contributed by atoms with Gasteiger partial charge in [0.05, 0.1) is 11.4 Å². The molecular weight excluding hydrogens is 440 g/mol. The standard InChI is InChI=1S/C22H24N8O2S/c1-32-13-20(31)30-10-8-29(9-11-30)15-4-7-24-19(12-15)28-22-27-18-3-2-17(26-21(18)33-22)16-5-6-23-14-25-16/h2-3,5-6,12,14H,4,7-11,13H2,1H3,(H,24,27,28). The van der Waals surface area contributed by atoms with Crippen LogP contribution in [0.15, 0.2) is 47.5 Å². The molecule has 5 heterocycles. The Morgan fingerprint density at radius 1 is 1.15 bits per heavy atom. The molecule has 2 aliphatic rings. The van der Waals surface area contributed by atoms with Crippen molar-refractivity contribution in [3.05, 3.63) is 42.5 Å². The van der Waals surface area contributed by atoms with Crippen molar-refractivity contribution >= 4 is 38.6 Å². The first-order valence-electron chi connectivity index (χ1n) is 10.8. The lowest BCUT2D eigenvalue weighted by molar-refractivity contribution is -0.136. The van der Waals surface area contributed by atoms with E-state index < -0.39 is 0 Å². The Labute approximate surface area is 195 Å². The molecule has 0 aromatic carbocycles. The van der Waals surface area contributed by atoms with Crippen LogP contribution in [0.1, 0.15) is 6.42 Å². The third-order valence-corrected chi connectivity index (χ3v) is 6.48. The minimum Gasteiger partial charge on any atom is -0.375 e. The summed E-state index contributed by atoms with van der Waals surface area (Å²) in [5.74, 6) is 0.843. The number of anilines is 1. The second-order valence-electron chi connectivity index (χ2n) is 7.71. The molecule has 0 saturated carbocycles. The maximum absolute atomic E-state index is 12.0. The molecule has 0 spiro atoms. The second kappa shape index (κ2) is 9.59. The van der Waals surface area contributed by atoms with E-state index in [1.165, 1.54) is 23.4 Å². The number of nitrogens with zero attached hydrogens (tertiary/aromatic N) is 7. The molecule has 1 fully saturated rings. The van der Waals surface area contributed by atoms with Gasteiger partial charge in [0.1, 0.15) is 29.1 Å². The Hall–Kier alpha value is -3.44. The summed E-state index contributed by atoms with van der Waals surface area (Å²) in [7, 11) is 1.55. The van der Waals surface area contributed by atoms with E-state index in [0.717, 1.165) is 58.8 Å². The molecule has 33 heavy (non-hydrogen) atoms. The number of piperazine rings is 1. The predicted molar refractivity (Wildman–Crippen MR) is 127 cm³/mol. The number of methoxy groups -OCH3 is 1. The highest BCUT2D eigenvalue weighted by molar-refractivity contribution is 7.22. The predicted octanol–water partition coefficient (Wildman–Crippen LogP) is 2.04. The number of thiazole rings is 1. The zero-order valence-corrected chi connectivity index (χ0v) is 19.1. The maximum atomic E-state index is 12.0. The molecule has 3 aromatic heterocycles. The van der Waals surface area contributed by atoms with Gasteiger partial charge < -0.3 is 19.9 Å². The van der Waals surface area contributed by atoms with E-state index in [1.54, 1.807) is 13.3 Å². The van der Waals surface area contributed by atoms with Crippen molar-refractivity contribution < 1.29 is 9.53 Å². The number of fused-ring (bicyclic) bond motifs is 1. The molecule has 11 heteroatoms. The molecule has 0 bridgehead atoms. The first-order valence-corrected chi connectivity index (χ1v) is 11.6. The number of hydrogen-bond acceptors (Lipinski definition) is 10. The van der Waals surface area contributed by atoms with Gasteiger partial charge in [0.2, 0.25) is 5.91 Å². The fourth-order valence-corrected chi connectivity index (χ4v) is 4.76. The number of carbonyl (C=O) groups excluding carboxylic acids is 1. The average molecular weight is 465 g/mol. The van der Waals surface area contributed by atoms with Crippen molar-refractivity contribution in [2.75, 3.05) is 51.8 Å². The molecule has 1 amide bonds. The highest BCUT2D eigenvalue weighted by Gasteiger charge is 2.23. The van der Waals surface area contributed by atoms with E-state index in [1.807, 2.05) is 23.1 Å². The number of hydrogen-bond donors (Lipinski definition) is 1. The molecule has 0 atom stereocenters. The van der Waals surface area contributed by atoms with Gasteiger partial charge in [0.15, 0.2) is 5.13 Å². The van der Waals surface area contributed by atoms with Crippen molar-refractivity contribution in [2.24, 2.45) is 4.99 Å². The zero-order valence-electron chi connectivity index (χ0n) is 18.3. The number of carbonyl (C=O) groups is 1. The van der Waals surface area contributed by atoms with Crippen molar-refractivity contribution in [1.82, 2.24) is 29.7 Å². The lowest BCUT2D eigenvalue weighted by Gasteiger charge is -2.38. The monoisotopic (exact) mass is 464 g/mol. The smallest absolute Gasteiger partial charge is 0.248 e. The van der Waals surface area contributed by atoms with Crippen molar-refractivity contribution in [1.29, 1.82) is 0 Å². The molecule has 10 nitrogen and oxygen atoms in total. The molecule has 0 radical (unpaired) electrons. The third-order valence-electron chi connectivity index (χ3n) is 5.59. The topological polar surface area (TPSA) is 109 Å². The molecule has 0 unspecified atom stereocenters. The van der Waals surface area contributed by atoms with Crippen molar-refractivity contribution in [3.8, 4) is 11.4 Å². The summed E-state index contributed by atoms with van der Waals surface area (Å²) in [6.45, 7) is 3.89. The molecule has 170 valence electrons. The van der Waals surface area contributed by atoms with Crippen LogP contribution in [0.2, 0.25) is 0 Å². The molecule has 1 saturated heterocycles. The minimum atomic E-state index is 0.0472. The van der Waals surface area contributed by atoms with Crippen LogP contribution in [0.4, 0.5) is 5.13 Å². The van der Waals surface area contributed by atoms with Gasteiger partial charge in [-0.3, -0.25) is 9.79 Å². The number of dihydropyridines is 1. The number of amidine groups is 1. The van der Waals surface area contributed by atoms with Gasteiger partial charge in [-0.05, 0) is 24.3 Å². The van der Waals surface area contributed by atoms with Crippen LogP contribution in [-0.2, 0) is 9.53 Å². The Kier molecular flexibility index (Phi) is 6.22. The van der Waals surface area contributed by atoms with Gasteiger partial charge in [0, 0.05) is 58.1 Å². The van der Waals surface area contributed by atoms with Crippen molar-refractivity contribution in [3.63, 3.8) is 0 Å². The van der Waals surface area contributed by atoms with Crippen LogP contribution in [-0.4, -0.2) is 87.9 Å². The minimum absolute atomic E-state index is 0.0472. The fraction of sp³-hybridized carbons (Fsp3) is 0.364.